The fraction of sp³-hybridized carbons (Fsp3) is 0.269. The molecule has 0 radical (unpaired) electrons. The molecule has 1 N–H and O–H groups in total. The van der Waals surface area contributed by atoms with E-state index in [4.69, 9.17) is 4.74 Å². The van der Waals surface area contributed by atoms with Gasteiger partial charge in [0.2, 0.25) is 0 Å². The van der Waals surface area contributed by atoms with Gasteiger partial charge in [-0.25, -0.2) is 4.79 Å². The lowest BCUT2D eigenvalue weighted by Crippen LogP contribution is -2.63. The maximum absolute atomic E-state index is 12.0. The highest BCUT2D eigenvalue weighted by atomic mass is 28.3. The number of nitrogens with zero attached hydrogens (tertiary/aromatic N) is 1. The lowest BCUT2D eigenvalue weighted by Gasteiger charge is -2.41. The number of nitrogens with one attached hydrogen (secondary N) is 1. The van der Waals surface area contributed by atoms with Crippen molar-refractivity contribution < 1.29 is 9.53 Å². The van der Waals surface area contributed by atoms with Gasteiger partial charge in [-0.15, -0.1) is 0 Å². The smallest absolute Gasteiger partial charge is 0.407 e. The summed E-state index contributed by atoms with van der Waals surface area (Å²) in [5, 5.41) is 5.95. The first-order valence-corrected chi connectivity index (χ1v) is 13.5. The van der Waals surface area contributed by atoms with Gasteiger partial charge in [0.05, 0.1) is 0 Å². The van der Waals surface area contributed by atoms with E-state index in [1.165, 1.54) is 22.5 Å². The predicted octanol–water partition coefficient (Wildman–Crippen LogP) is 3.49. The maximum Gasteiger partial charge on any atom is 0.407 e. The Morgan fingerprint density at radius 1 is 0.806 bits per heavy atom. The van der Waals surface area contributed by atoms with Gasteiger partial charge in [0.15, 0.2) is 0 Å². The summed E-state index contributed by atoms with van der Waals surface area (Å²) in [6, 6.07) is 34.3. The number of amides is 1. The standard InChI is InChI=1S/C26H30N2O2Si/c29-26(30-22-23-10-4-1-5-11-23)27-16-17-28-18-20-31(21-19-28,24-12-6-2-7-13-24)25-14-8-3-9-15-25/h1-15H,16-22H2,(H,27,29). The Balaban J connectivity index is 1.28. The van der Waals surface area contributed by atoms with Gasteiger partial charge in [-0.2, -0.15) is 0 Å². The molecular weight excluding hydrogens is 400 g/mol. The summed E-state index contributed by atoms with van der Waals surface area (Å²) >= 11 is 0. The van der Waals surface area contributed by atoms with Gasteiger partial charge < -0.3 is 15.0 Å². The fourth-order valence-electron chi connectivity index (χ4n) is 4.51. The fourth-order valence-corrected chi connectivity index (χ4v) is 9.30. The van der Waals surface area contributed by atoms with Crippen molar-refractivity contribution in [3.63, 3.8) is 0 Å². The molecule has 160 valence electrons. The first kappa shape index (κ1) is 21.3. The molecule has 0 unspecified atom stereocenters. The summed E-state index contributed by atoms with van der Waals surface area (Å²) in [6.07, 6.45) is -0.349. The molecule has 1 aliphatic heterocycles. The third-order valence-corrected chi connectivity index (χ3v) is 11.3. The number of carbonyl (C=O) groups is 1. The topological polar surface area (TPSA) is 41.6 Å². The van der Waals surface area contributed by atoms with E-state index in [-0.39, 0.29) is 6.09 Å². The second kappa shape index (κ2) is 10.4. The lowest BCUT2D eigenvalue weighted by atomic mass is 10.2. The van der Waals surface area contributed by atoms with Gasteiger partial charge in [-0.3, -0.25) is 0 Å². The molecule has 0 aromatic heterocycles. The molecule has 4 rings (SSSR count). The largest absolute Gasteiger partial charge is 0.445 e. The number of carbonyl (C=O) groups excluding carboxylic acids is 1. The van der Waals surface area contributed by atoms with Gasteiger partial charge in [-0.1, -0.05) is 101 Å². The minimum absolute atomic E-state index is 0.304. The molecule has 1 heterocycles. The molecule has 0 bridgehead atoms. The Kier molecular flexibility index (Phi) is 7.17. The van der Waals surface area contributed by atoms with Crippen molar-refractivity contribution >= 4 is 24.5 Å². The van der Waals surface area contributed by atoms with Crippen molar-refractivity contribution in [1.29, 1.82) is 0 Å². The molecule has 4 nitrogen and oxygen atoms in total. The van der Waals surface area contributed by atoms with Gasteiger partial charge in [0, 0.05) is 13.1 Å². The Morgan fingerprint density at radius 2 is 1.32 bits per heavy atom. The van der Waals surface area contributed by atoms with Gasteiger partial charge in [-0.05, 0) is 30.7 Å². The van der Waals surface area contributed by atoms with Crippen molar-refractivity contribution in [2.75, 3.05) is 26.2 Å². The molecule has 31 heavy (non-hydrogen) atoms. The average Bonchev–Trinajstić information content (AvgIpc) is 2.85. The van der Waals surface area contributed by atoms with E-state index in [0.29, 0.717) is 13.2 Å². The van der Waals surface area contributed by atoms with Crippen LogP contribution >= 0.6 is 0 Å². The van der Waals surface area contributed by atoms with Crippen LogP contribution in [-0.4, -0.2) is 45.2 Å². The third kappa shape index (κ3) is 5.43. The molecule has 1 amide bonds. The van der Waals surface area contributed by atoms with Crippen molar-refractivity contribution in [3.05, 3.63) is 96.6 Å². The normalized spacial score (nSPS) is 15.9. The van der Waals surface area contributed by atoms with Crippen LogP contribution < -0.4 is 15.7 Å². The second-order valence-electron chi connectivity index (χ2n) is 8.14. The second-order valence-corrected chi connectivity index (χ2v) is 12.5. The number of alkyl carbamates (subject to hydrolysis) is 1. The number of rotatable bonds is 7. The summed E-state index contributed by atoms with van der Waals surface area (Å²) in [7, 11) is -1.74. The molecular formula is C26H30N2O2Si. The zero-order valence-corrected chi connectivity index (χ0v) is 18.9. The Morgan fingerprint density at radius 3 is 1.87 bits per heavy atom. The van der Waals surface area contributed by atoms with Crippen LogP contribution in [0.15, 0.2) is 91.0 Å². The number of hydrogen-bond acceptors (Lipinski definition) is 3. The third-order valence-electron chi connectivity index (χ3n) is 6.27. The van der Waals surface area contributed by atoms with E-state index in [2.05, 4.69) is 70.9 Å². The van der Waals surface area contributed by atoms with Crippen LogP contribution in [-0.2, 0) is 11.3 Å². The number of ether oxygens (including phenoxy) is 1. The summed E-state index contributed by atoms with van der Waals surface area (Å²) in [5.74, 6) is 0. The molecule has 1 fully saturated rings. The van der Waals surface area contributed by atoms with Gasteiger partial charge in [0.25, 0.3) is 0 Å². The van der Waals surface area contributed by atoms with E-state index >= 15 is 0 Å². The highest BCUT2D eigenvalue weighted by Crippen LogP contribution is 2.22. The zero-order valence-electron chi connectivity index (χ0n) is 17.9. The van der Waals surface area contributed by atoms with E-state index in [1.807, 2.05) is 30.3 Å². The summed E-state index contributed by atoms with van der Waals surface area (Å²) in [6.45, 7) is 3.90. The molecule has 0 aliphatic carbocycles. The number of hydrogen-bond donors (Lipinski definition) is 1. The molecule has 1 aliphatic rings. The van der Waals surface area contributed by atoms with E-state index in [0.717, 1.165) is 25.2 Å². The Hall–Kier alpha value is -2.89. The van der Waals surface area contributed by atoms with Gasteiger partial charge >= 0.3 is 6.09 Å². The molecule has 3 aromatic rings. The molecule has 0 spiro atoms. The Labute approximate surface area is 185 Å². The van der Waals surface area contributed by atoms with Crippen LogP contribution in [0.3, 0.4) is 0 Å². The van der Waals surface area contributed by atoms with Crippen molar-refractivity contribution in [1.82, 2.24) is 10.2 Å². The van der Waals surface area contributed by atoms with Crippen LogP contribution in [0, 0.1) is 0 Å². The summed E-state index contributed by atoms with van der Waals surface area (Å²) < 4.78 is 5.30. The summed E-state index contributed by atoms with van der Waals surface area (Å²) in [4.78, 5) is 14.5. The minimum atomic E-state index is -1.74. The van der Waals surface area contributed by atoms with E-state index in [9.17, 15) is 4.79 Å². The first-order chi connectivity index (χ1) is 15.3. The molecule has 3 aromatic carbocycles. The van der Waals surface area contributed by atoms with Crippen LogP contribution in [0.5, 0.6) is 0 Å². The minimum Gasteiger partial charge on any atom is -0.445 e. The maximum atomic E-state index is 12.0. The van der Waals surface area contributed by atoms with E-state index in [1.54, 1.807) is 0 Å². The quantitative estimate of drug-likeness (QED) is 0.584. The van der Waals surface area contributed by atoms with Crippen LogP contribution in [0.1, 0.15) is 5.56 Å². The average molecular weight is 431 g/mol. The Bertz CT molecular complexity index is 901. The summed E-state index contributed by atoms with van der Waals surface area (Å²) in [5.41, 5.74) is 0.997. The van der Waals surface area contributed by atoms with Crippen molar-refractivity contribution in [2.24, 2.45) is 0 Å². The molecule has 1 saturated heterocycles. The van der Waals surface area contributed by atoms with Crippen LogP contribution in [0.25, 0.3) is 0 Å². The SMILES string of the molecule is O=C(NCCN1CC[Si](c2ccccc2)(c2ccccc2)CC1)OCc1ccccc1. The molecule has 5 heteroatoms. The van der Waals surface area contributed by atoms with Crippen LogP contribution in [0.4, 0.5) is 4.79 Å². The zero-order chi connectivity index (χ0) is 21.4. The highest BCUT2D eigenvalue weighted by molar-refractivity contribution is 7.02. The number of benzene rings is 3. The first-order valence-electron chi connectivity index (χ1n) is 11.0. The van der Waals surface area contributed by atoms with Crippen molar-refractivity contribution in [2.45, 2.75) is 18.7 Å². The predicted molar refractivity (Wildman–Crippen MR) is 129 cm³/mol. The monoisotopic (exact) mass is 430 g/mol. The molecule has 0 atom stereocenters. The lowest BCUT2D eigenvalue weighted by molar-refractivity contribution is 0.138. The van der Waals surface area contributed by atoms with Gasteiger partial charge in [0.1, 0.15) is 14.7 Å². The van der Waals surface area contributed by atoms with E-state index < -0.39 is 8.07 Å². The molecule has 0 saturated carbocycles. The van der Waals surface area contributed by atoms with Crippen molar-refractivity contribution in [3.8, 4) is 0 Å². The highest BCUT2D eigenvalue weighted by Gasteiger charge is 2.39. The van der Waals surface area contributed by atoms with Crippen LogP contribution in [0.2, 0.25) is 12.1 Å².